The average molecular weight is 310 g/mol. The zero-order valence-electron chi connectivity index (χ0n) is 12.8. The Kier molecular flexibility index (Phi) is 2.65. The summed E-state index contributed by atoms with van der Waals surface area (Å²) in [6, 6.07) is 22.3. The maximum absolute atomic E-state index is 9.86. The molecule has 0 aliphatic heterocycles. The average Bonchev–Trinajstić information content (AvgIpc) is 3.12. The van der Waals surface area contributed by atoms with E-state index in [1.807, 2.05) is 18.3 Å². The molecule has 3 aromatic carbocycles. The number of aromatic nitrogens is 2. The van der Waals surface area contributed by atoms with Crippen LogP contribution in [0.25, 0.3) is 38.4 Å². The van der Waals surface area contributed by atoms with Gasteiger partial charge in [0.1, 0.15) is 11.4 Å². The molecule has 0 fully saturated rings. The van der Waals surface area contributed by atoms with Gasteiger partial charge in [-0.1, -0.05) is 42.5 Å². The van der Waals surface area contributed by atoms with Crippen molar-refractivity contribution < 1.29 is 5.11 Å². The molecule has 0 atom stereocenters. The number of aromatic hydroxyl groups is 1. The van der Waals surface area contributed by atoms with Crippen molar-refractivity contribution in [3.05, 3.63) is 79.1 Å². The van der Waals surface area contributed by atoms with Crippen molar-refractivity contribution in [1.82, 2.24) is 9.38 Å². The first-order chi connectivity index (χ1) is 11.8. The van der Waals surface area contributed by atoms with Crippen molar-refractivity contribution in [1.29, 1.82) is 0 Å². The highest BCUT2D eigenvalue weighted by Gasteiger charge is 2.11. The van der Waals surface area contributed by atoms with Crippen LogP contribution in [0.1, 0.15) is 0 Å². The summed E-state index contributed by atoms with van der Waals surface area (Å²) in [5.41, 5.74) is 4.34. The molecule has 0 spiro atoms. The van der Waals surface area contributed by atoms with Crippen LogP contribution in [0.15, 0.2) is 79.1 Å². The van der Waals surface area contributed by atoms with Crippen LogP contribution in [0.3, 0.4) is 0 Å². The normalized spacial score (nSPS) is 11.5. The van der Waals surface area contributed by atoms with Crippen molar-refractivity contribution in [3.63, 3.8) is 0 Å². The van der Waals surface area contributed by atoms with E-state index < -0.39 is 0 Å². The molecule has 0 aliphatic carbocycles. The van der Waals surface area contributed by atoms with Gasteiger partial charge >= 0.3 is 0 Å². The summed E-state index contributed by atoms with van der Waals surface area (Å²) >= 11 is 0. The van der Waals surface area contributed by atoms with Gasteiger partial charge in [-0.3, -0.25) is 4.40 Å². The monoisotopic (exact) mass is 310 g/mol. The Hall–Kier alpha value is -3.33. The van der Waals surface area contributed by atoms with E-state index in [9.17, 15) is 5.11 Å². The maximum Gasteiger partial charge on any atom is 0.145 e. The van der Waals surface area contributed by atoms with Gasteiger partial charge in [-0.25, -0.2) is 4.98 Å². The maximum atomic E-state index is 9.86. The molecule has 0 bridgehead atoms. The number of phenols is 1. The van der Waals surface area contributed by atoms with Crippen molar-refractivity contribution in [2.24, 2.45) is 0 Å². The summed E-state index contributed by atoms with van der Waals surface area (Å²) in [4.78, 5) is 4.49. The molecular weight excluding hydrogens is 296 g/mol. The Bertz CT molecular complexity index is 1210. The van der Waals surface area contributed by atoms with Gasteiger partial charge in [0.05, 0.1) is 5.52 Å². The lowest BCUT2D eigenvalue weighted by atomic mass is 10.0. The number of benzene rings is 3. The molecule has 0 radical (unpaired) electrons. The third-order valence-corrected chi connectivity index (χ3v) is 4.54. The molecular formula is C21H14N2O. The molecule has 2 heterocycles. The summed E-state index contributed by atoms with van der Waals surface area (Å²) in [7, 11) is 0. The van der Waals surface area contributed by atoms with Crippen LogP contribution < -0.4 is 0 Å². The number of phenolic OH excluding ortho intramolecular Hbond substituents is 1. The van der Waals surface area contributed by atoms with E-state index in [1.54, 1.807) is 18.3 Å². The predicted molar refractivity (Wildman–Crippen MR) is 97.3 cm³/mol. The number of imidazole rings is 1. The van der Waals surface area contributed by atoms with E-state index in [1.165, 1.54) is 11.1 Å². The van der Waals surface area contributed by atoms with E-state index in [4.69, 9.17) is 0 Å². The highest BCUT2D eigenvalue weighted by atomic mass is 16.3. The number of hydrogen-bond acceptors (Lipinski definition) is 2. The van der Waals surface area contributed by atoms with Crippen molar-refractivity contribution in [2.45, 2.75) is 0 Å². The topological polar surface area (TPSA) is 37.5 Å². The summed E-state index contributed by atoms with van der Waals surface area (Å²) in [6.45, 7) is 0. The van der Waals surface area contributed by atoms with Gasteiger partial charge in [0, 0.05) is 23.2 Å². The lowest BCUT2D eigenvalue weighted by Gasteiger charge is -2.10. The van der Waals surface area contributed by atoms with Gasteiger partial charge < -0.3 is 5.11 Å². The first kappa shape index (κ1) is 13.1. The zero-order valence-corrected chi connectivity index (χ0v) is 12.8. The van der Waals surface area contributed by atoms with Crippen LogP contribution in [-0.2, 0) is 0 Å². The molecule has 0 unspecified atom stereocenters. The van der Waals surface area contributed by atoms with Crippen LogP contribution in [0.5, 0.6) is 5.75 Å². The fourth-order valence-corrected chi connectivity index (χ4v) is 3.42. The van der Waals surface area contributed by atoms with Crippen LogP contribution in [-0.4, -0.2) is 14.5 Å². The SMILES string of the molecule is Oc1ccc2c3ccc(-c4ccccc4)cc3n3ccnc3c2c1. The first-order valence-corrected chi connectivity index (χ1v) is 7.88. The highest BCUT2D eigenvalue weighted by Crippen LogP contribution is 2.33. The molecule has 2 aromatic heterocycles. The van der Waals surface area contributed by atoms with Crippen molar-refractivity contribution in [3.8, 4) is 16.9 Å². The van der Waals surface area contributed by atoms with Crippen LogP contribution in [0.4, 0.5) is 0 Å². The second-order valence-corrected chi connectivity index (χ2v) is 5.95. The van der Waals surface area contributed by atoms with E-state index in [2.05, 4.69) is 51.8 Å². The van der Waals surface area contributed by atoms with Crippen LogP contribution in [0, 0.1) is 0 Å². The molecule has 5 aromatic rings. The Labute approximate surface area is 138 Å². The second kappa shape index (κ2) is 4.83. The summed E-state index contributed by atoms with van der Waals surface area (Å²) in [5, 5.41) is 13.1. The molecule has 0 saturated heterocycles. The van der Waals surface area contributed by atoms with E-state index in [0.717, 1.165) is 27.3 Å². The van der Waals surface area contributed by atoms with E-state index >= 15 is 0 Å². The third kappa shape index (κ3) is 1.82. The minimum absolute atomic E-state index is 0.257. The van der Waals surface area contributed by atoms with Gasteiger partial charge in [-0.2, -0.15) is 0 Å². The van der Waals surface area contributed by atoms with E-state index in [-0.39, 0.29) is 5.75 Å². The van der Waals surface area contributed by atoms with Gasteiger partial charge in [-0.05, 0) is 40.8 Å². The Morgan fingerprint density at radius 1 is 0.750 bits per heavy atom. The van der Waals surface area contributed by atoms with Gasteiger partial charge in [0.2, 0.25) is 0 Å². The summed E-state index contributed by atoms with van der Waals surface area (Å²) in [6.07, 6.45) is 3.77. The molecule has 5 rings (SSSR count). The fourth-order valence-electron chi connectivity index (χ4n) is 3.42. The van der Waals surface area contributed by atoms with Gasteiger partial charge in [0.25, 0.3) is 0 Å². The summed E-state index contributed by atoms with van der Waals surface area (Å²) < 4.78 is 2.09. The lowest BCUT2D eigenvalue weighted by molar-refractivity contribution is 0.476. The highest BCUT2D eigenvalue weighted by molar-refractivity contribution is 6.12. The first-order valence-electron chi connectivity index (χ1n) is 7.88. The molecule has 24 heavy (non-hydrogen) atoms. The smallest absolute Gasteiger partial charge is 0.145 e. The van der Waals surface area contributed by atoms with Gasteiger partial charge in [-0.15, -0.1) is 0 Å². The lowest BCUT2D eigenvalue weighted by Crippen LogP contribution is -1.91. The van der Waals surface area contributed by atoms with E-state index in [0.29, 0.717) is 0 Å². The minimum atomic E-state index is 0.257. The molecule has 0 aliphatic rings. The molecule has 114 valence electrons. The molecule has 0 saturated carbocycles. The molecule has 1 N–H and O–H groups in total. The van der Waals surface area contributed by atoms with Gasteiger partial charge in [0.15, 0.2) is 0 Å². The fraction of sp³-hybridized carbons (Fsp3) is 0. The second-order valence-electron chi connectivity index (χ2n) is 5.95. The molecule has 3 nitrogen and oxygen atoms in total. The Morgan fingerprint density at radius 2 is 1.58 bits per heavy atom. The quantitative estimate of drug-likeness (QED) is 0.442. The minimum Gasteiger partial charge on any atom is -0.508 e. The van der Waals surface area contributed by atoms with Crippen LogP contribution >= 0.6 is 0 Å². The Morgan fingerprint density at radius 3 is 2.46 bits per heavy atom. The Balaban J connectivity index is 1.94. The van der Waals surface area contributed by atoms with Crippen molar-refractivity contribution >= 4 is 27.3 Å². The predicted octanol–water partition coefficient (Wildman–Crippen LogP) is 5.01. The zero-order chi connectivity index (χ0) is 16.1. The largest absolute Gasteiger partial charge is 0.508 e. The molecule has 0 amide bonds. The van der Waals surface area contributed by atoms with Crippen LogP contribution in [0.2, 0.25) is 0 Å². The number of rotatable bonds is 1. The third-order valence-electron chi connectivity index (χ3n) is 4.54. The number of fused-ring (bicyclic) bond motifs is 6. The number of nitrogens with zero attached hydrogens (tertiary/aromatic N) is 2. The number of hydrogen-bond donors (Lipinski definition) is 1. The summed E-state index contributed by atoms with van der Waals surface area (Å²) in [5.74, 6) is 0.257. The van der Waals surface area contributed by atoms with Crippen molar-refractivity contribution in [2.75, 3.05) is 0 Å². The standard InChI is InChI=1S/C21H14N2O/c24-16-7-9-17-18-8-6-15(14-4-2-1-3-5-14)12-20(18)23-11-10-22-21(23)19(17)13-16/h1-13,24H. The molecule has 3 heteroatoms. The number of pyridine rings is 1.